The van der Waals surface area contributed by atoms with Crippen LogP contribution in [0.2, 0.25) is 0 Å². The Balaban J connectivity index is 1.92. The Kier molecular flexibility index (Phi) is 3.56. The number of nitrogens with two attached hydrogens (primary N) is 1. The van der Waals surface area contributed by atoms with Gasteiger partial charge in [0.2, 0.25) is 0 Å². The Morgan fingerprint density at radius 3 is 3.05 bits per heavy atom. The summed E-state index contributed by atoms with van der Waals surface area (Å²) in [5, 5.41) is 11.4. The molecule has 0 spiro atoms. The fourth-order valence-corrected chi connectivity index (χ4v) is 2.03. The number of nitrogens with one attached hydrogen (secondary N) is 2. The minimum atomic E-state index is 0.669. The molecule has 102 valence electrons. The molecule has 0 unspecified atom stereocenters. The zero-order valence-electron chi connectivity index (χ0n) is 11.0. The van der Waals surface area contributed by atoms with Gasteiger partial charge in [-0.1, -0.05) is 6.07 Å². The first-order valence-electron chi connectivity index (χ1n) is 6.59. The third kappa shape index (κ3) is 2.46. The molecule has 3 aromatic rings. The maximum absolute atomic E-state index is 5.48. The van der Waals surface area contributed by atoms with Crippen molar-refractivity contribution in [2.24, 2.45) is 5.73 Å². The predicted molar refractivity (Wildman–Crippen MR) is 79.3 cm³/mol. The van der Waals surface area contributed by atoms with Crippen LogP contribution in [-0.4, -0.2) is 33.3 Å². The van der Waals surface area contributed by atoms with E-state index in [1.807, 2.05) is 30.3 Å². The summed E-state index contributed by atoms with van der Waals surface area (Å²) >= 11 is 0. The van der Waals surface area contributed by atoms with Crippen molar-refractivity contribution in [3.05, 3.63) is 36.5 Å². The average Bonchev–Trinajstić information content (AvgIpc) is 2.92. The molecule has 0 amide bonds. The molecule has 0 saturated heterocycles. The van der Waals surface area contributed by atoms with Crippen molar-refractivity contribution >= 4 is 16.9 Å². The van der Waals surface area contributed by atoms with Gasteiger partial charge in [0.05, 0.1) is 5.69 Å². The van der Waals surface area contributed by atoms with Crippen molar-refractivity contribution < 1.29 is 0 Å². The van der Waals surface area contributed by atoms with Gasteiger partial charge < -0.3 is 11.1 Å². The first kappa shape index (κ1) is 12.6. The van der Waals surface area contributed by atoms with Crippen LogP contribution in [0.25, 0.3) is 22.4 Å². The van der Waals surface area contributed by atoms with Crippen LogP contribution in [-0.2, 0) is 0 Å². The third-order valence-corrected chi connectivity index (χ3v) is 3.02. The Labute approximate surface area is 116 Å². The SMILES string of the molecule is NCCCNc1cccc(-c2n[nH]c3ncccc23)n1. The van der Waals surface area contributed by atoms with E-state index in [1.54, 1.807) is 6.20 Å². The quantitative estimate of drug-likeness (QED) is 0.613. The molecule has 3 heterocycles. The largest absolute Gasteiger partial charge is 0.370 e. The predicted octanol–water partition coefficient (Wildman–Crippen LogP) is 1.78. The summed E-state index contributed by atoms with van der Waals surface area (Å²) in [6, 6.07) is 9.72. The van der Waals surface area contributed by atoms with Crippen molar-refractivity contribution in [2.45, 2.75) is 6.42 Å². The van der Waals surface area contributed by atoms with Gasteiger partial charge in [-0.2, -0.15) is 5.10 Å². The standard InChI is InChI=1S/C14H16N6/c15-7-3-9-16-12-6-1-5-11(18-12)13-10-4-2-8-17-14(10)20-19-13/h1-2,4-6,8H,3,7,9,15H2,(H,16,18)(H,17,19,20). The number of fused-ring (bicyclic) bond motifs is 1. The number of nitrogens with zero attached hydrogens (tertiary/aromatic N) is 3. The van der Waals surface area contributed by atoms with E-state index in [0.717, 1.165) is 41.2 Å². The number of H-pyrrole nitrogens is 1. The van der Waals surface area contributed by atoms with Gasteiger partial charge in [-0.25, -0.2) is 9.97 Å². The van der Waals surface area contributed by atoms with Crippen molar-refractivity contribution in [3.63, 3.8) is 0 Å². The minimum Gasteiger partial charge on any atom is -0.370 e. The summed E-state index contributed by atoms with van der Waals surface area (Å²) < 4.78 is 0. The number of aromatic amines is 1. The number of rotatable bonds is 5. The van der Waals surface area contributed by atoms with E-state index in [0.29, 0.717) is 6.54 Å². The van der Waals surface area contributed by atoms with Gasteiger partial charge >= 0.3 is 0 Å². The van der Waals surface area contributed by atoms with Crippen molar-refractivity contribution in [3.8, 4) is 11.4 Å². The Hall–Kier alpha value is -2.47. The molecule has 4 N–H and O–H groups in total. The Bertz CT molecular complexity index is 705. The normalized spacial score (nSPS) is 10.8. The molecular weight excluding hydrogens is 252 g/mol. The summed E-state index contributed by atoms with van der Waals surface area (Å²) in [5.41, 5.74) is 7.89. The van der Waals surface area contributed by atoms with Crippen LogP contribution in [0.4, 0.5) is 5.82 Å². The van der Waals surface area contributed by atoms with Gasteiger partial charge in [0.15, 0.2) is 5.65 Å². The Morgan fingerprint density at radius 2 is 2.15 bits per heavy atom. The van der Waals surface area contributed by atoms with Crippen LogP contribution in [0, 0.1) is 0 Å². The van der Waals surface area contributed by atoms with E-state index in [4.69, 9.17) is 5.73 Å². The van der Waals surface area contributed by atoms with E-state index < -0.39 is 0 Å². The number of anilines is 1. The Morgan fingerprint density at radius 1 is 1.20 bits per heavy atom. The molecule has 0 atom stereocenters. The van der Waals surface area contributed by atoms with Crippen LogP contribution in [0.1, 0.15) is 6.42 Å². The molecule has 0 saturated carbocycles. The summed E-state index contributed by atoms with van der Waals surface area (Å²) in [5.74, 6) is 0.830. The van der Waals surface area contributed by atoms with Crippen LogP contribution in [0.15, 0.2) is 36.5 Å². The first-order valence-corrected chi connectivity index (χ1v) is 6.59. The molecule has 0 aromatic carbocycles. The van der Waals surface area contributed by atoms with Gasteiger partial charge in [-0.15, -0.1) is 0 Å². The molecule has 3 rings (SSSR count). The maximum atomic E-state index is 5.48. The molecule has 0 fully saturated rings. The topological polar surface area (TPSA) is 92.5 Å². The van der Waals surface area contributed by atoms with Gasteiger partial charge in [0, 0.05) is 18.1 Å². The fourth-order valence-electron chi connectivity index (χ4n) is 2.03. The second kappa shape index (κ2) is 5.66. The van der Waals surface area contributed by atoms with Crippen LogP contribution >= 0.6 is 0 Å². The first-order chi connectivity index (χ1) is 9.88. The molecule has 6 nitrogen and oxygen atoms in total. The van der Waals surface area contributed by atoms with Crippen molar-refractivity contribution in [1.82, 2.24) is 20.2 Å². The second-order valence-electron chi connectivity index (χ2n) is 4.45. The van der Waals surface area contributed by atoms with E-state index in [1.165, 1.54) is 0 Å². The minimum absolute atomic E-state index is 0.669. The molecule has 0 aliphatic heterocycles. The highest BCUT2D eigenvalue weighted by Gasteiger charge is 2.09. The van der Waals surface area contributed by atoms with E-state index >= 15 is 0 Å². The molecule has 0 aliphatic carbocycles. The summed E-state index contributed by atoms with van der Waals surface area (Å²) in [6.45, 7) is 1.48. The van der Waals surface area contributed by atoms with Gasteiger partial charge in [0.25, 0.3) is 0 Å². The molecule has 0 radical (unpaired) electrons. The monoisotopic (exact) mass is 268 g/mol. The lowest BCUT2D eigenvalue weighted by atomic mass is 10.2. The highest BCUT2D eigenvalue weighted by atomic mass is 15.2. The number of aromatic nitrogens is 4. The zero-order chi connectivity index (χ0) is 13.8. The highest BCUT2D eigenvalue weighted by Crippen LogP contribution is 2.24. The zero-order valence-corrected chi connectivity index (χ0v) is 11.0. The number of pyridine rings is 2. The van der Waals surface area contributed by atoms with Gasteiger partial charge in [0.1, 0.15) is 11.5 Å². The van der Waals surface area contributed by atoms with Crippen LogP contribution in [0.5, 0.6) is 0 Å². The molecular formula is C14H16N6. The average molecular weight is 268 g/mol. The third-order valence-electron chi connectivity index (χ3n) is 3.02. The van der Waals surface area contributed by atoms with E-state index in [2.05, 4.69) is 25.5 Å². The van der Waals surface area contributed by atoms with E-state index in [-0.39, 0.29) is 0 Å². The lowest BCUT2D eigenvalue weighted by Gasteiger charge is -2.05. The van der Waals surface area contributed by atoms with Gasteiger partial charge in [-0.05, 0) is 37.2 Å². The fraction of sp³-hybridized carbons (Fsp3) is 0.214. The lowest BCUT2D eigenvalue weighted by molar-refractivity contribution is 0.870. The van der Waals surface area contributed by atoms with Crippen LogP contribution in [0.3, 0.4) is 0 Å². The molecule has 0 bridgehead atoms. The lowest BCUT2D eigenvalue weighted by Crippen LogP contribution is -2.09. The van der Waals surface area contributed by atoms with Crippen molar-refractivity contribution in [1.29, 1.82) is 0 Å². The van der Waals surface area contributed by atoms with Crippen LogP contribution < -0.4 is 11.1 Å². The summed E-state index contributed by atoms with van der Waals surface area (Å²) in [7, 11) is 0. The maximum Gasteiger partial charge on any atom is 0.155 e. The summed E-state index contributed by atoms with van der Waals surface area (Å²) in [4.78, 5) is 8.81. The number of hydrogen-bond donors (Lipinski definition) is 3. The van der Waals surface area contributed by atoms with Crippen molar-refractivity contribution in [2.75, 3.05) is 18.4 Å². The molecule has 6 heteroatoms. The van der Waals surface area contributed by atoms with E-state index in [9.17, 15) is 0 Å². The second-order valence-corrected chi connectivity index (χ2v) is 4.45. The smallest absolute Gasteiger partial charge is 0.155 e. The molecule has 20 heavy (non-hydrogen) atoms. The molecule has 0 aliphatic rings. The highest BCUT2D eigenvalue weighted by molar-refractivity contribution is 5.89. The molecule has 3 aromatic heterocycles. The van der Waals surface area contributed by atoms with Gasteiger partial charge in [-0.3, -0.25) is 5.10 Å². The number of hydrogen-bond acceptors (Lipinski definition) is 5. The summed E-state index contributed by atoms with van der Waals surface area (Å²) in [6.07, 6.45) is 2.66.